The zero-order chi connectivity index (χ0) is 10.4. The molecule has 0 aromatic heterocycles. The van der Waals surface area contributed by atoms with E-state index in [2.05, 4.69) is 4.31 Å². The van der Waals surface area contributed by atoms with Gasteiger partial charge in [0.2, 0.25) is 0 Å². The van der Waals surface area contributed by atoms with Gasteiger partial charge in [-0.2, -0.15) is 0 Å². The van der Waals surface area contributed by atoms with Crippen molar-refractivity contribution in [2.24, 2.45) is 0 Å². The van der Waals surface area contributed by atoms with Gasteiger partial charge in [0.05, 0.1) is 0 Å². The molecule has 0 saturated heterocycles. The Morgan fingerprint density at radius 2 is 1.17 bits per heavy atom. The smallest absolute Gasteiger partial charge is 0.303 e. The lowest BCUT2D eigenvalue weighted by Crippen LogP contribution is -1.66. The summed E-state index contributed by atoms with van der Waals surface area (Å²) >= 11 is 0. The summed E-state index contributed by atoms with van der Waals surface area (Å²) in [5.41, 5.74) is 0. The van der Waals surface area contributed by atoms with Crippen molar-refractivity contribution in [3.05, 3.63) is 0 Å². The second-order valence-electron chi connectivity index (χ2n) is 1.07. The van der Waals surface area contributed by atoms with Gasteiger partial charge in [-0.15, -0.1) is 9.79 Å². The molecule has 0 amide bonds. The normalized spacial score (nSPS) is 12.8. The summed E-state index contributed by atoms with van der Waals surface area (Å²) < 4.78 is 31.0. The summed E-state index contributed by atoms with van der Waals surface area (Å²) in [4.78, 5) is 36.9. The second kappa shape index (κ2) is 6.68. The first kappa shape index (κ1) is 14.7. The maximum absolute atomic E-state index is 9.39. The van der Waals surface area contributed by atoms with Crippen molar-refractivity contribution >= 4 is 24.3 Å². The van der Waals surface area contributed by atoms with Crippen molar-refractivity contribution in [3.63, 3.8) is 0 Å². The molecule has 0 rings (SSSR count). The van der Waals surface area contributed by atoms with Gasteiger partial charge in [0, 0.05) is 9.13 Å². The van der Waals surface area contributed by atoms with E-state index in [1.165, 1.54) is 0 Å². The molecule has 72 valence electrons. The Kier molecular flexibility index (Phi) is 8.18. The first-order valence-electron chi connectivity index (χ1n) is 1.91. The third kappa shape index (κ3) is 49.0. The van der Waals surface area contributed by atoms with Crippen molar-refractivity contribution in [2.45, 2.75) is 0 Å². The lowest BCUT2D eigenvalue weighted by atomic mass is 15.8. The van der Waals surface area contributed by atoms with Crippen LogP contribution in [0.25, 0.3) is 0 Å². The molecule has 5 N–H and O–H groups in total. The van der Waals surface area contributed by atoms with E-state index >= 15 is 0 Å². The van der Waals surface area contributed by atoms with Crippen molar-refractivity contribution in [3.8, 4) is 0 Å². The summed E-state index contributed by atoms with van der Waals surface area (Å²) in [6.07, 6.45) is 0. The van der Waals surface area contributed by atoms with Crippen LogP contribution in [0.15, 0.2) is 0 Å². The molecule has 0 fully saturated rings. The molecule has 0 radical (unpaired) electrons. The largest absolute Gasteiger partial charge is 0.745 e. The summed E-state index contributed by atoms with van der Waals surface area (Å²) in [5, 5.41) is 0. The number of hydrogen-bond donors (Lipinski definition) is 5. The van der Waals surface area contributed by atoms with Gasteiger partial charge in [-0.3, -0.25) is 0 Å². The molecule has 0 aliphatic rings. The quantitative estimate of drug-likeness (QED) is 0.397. The third-order valence-corrected chi connectivity index (χ3v) is 1.26. The van der Waals surface area contributed by atoms with E-state index in [0.717, 1.165) is 0 Å². The fraction of sp³-hybridized carbons (Fsp3) is 0. The Bertz CT molecular complexity index is 178. The SMILES string of the molecule is O=P(O)(O)O.O=[P+](O)O[P+](=O)O. The van der Waals surface area contributed by atoms with Crippen molar-refractivity contribution in [2.75, 3.05) is 0 Å². The fourth-order valence-electron chi connectivity index (χ4n) is 0.0598. The van der Waals surface area contributed by atoms with Gasteiger partial charge in [-0.05, 0) is 0 Å². The van der Waals surface area contributed by atoms with Gasteiger partial charge in [0.15, 0.2) is 4.31 Å². The van der Waals surface area contributed by atoms with Gasteiger partial charge < -0.3 is 14.7 Å². The lowest BCUT2D eigenvalue weighted by Gasteiger charge is -1.82. The molecule has 12 heavy (non-hydrogen) atoms. The van der Waals surface area contributed by atoms with Crippen LogP contribution in [0.1, 0.15) is 0 Å². The Labute approximate surface area is 67.8 Å². The van der Waals surface area contributed by atoms with Crippen LogP contribution < -0.4 is 0 Å². The van der Waals surface area contributed by atoms with Crippen LogP contribution in [-0.4, -0.2) is 24.5 Å². The zero-order valence-corrected chi connectivity index (χ0v) is 7.89. The van der Waals surface area contributed by atoms with Crippen LogP contribution in [0, 0.1) is 0 Å². The van der Waals surface area contributed by atoms with Gasteiger partial charge >= 0.3 is 24.3 Å². The molecule has 2 atom stereocenters. The van der Waals surface area contributed by atoms with Gasteiger partial charge in [0.1, 0.15) is 0 Å². The Morgan fingerprint density at radius 1 is 1.00 bits per heavy atom. The average Bonchev–Trinajstić information content (AvgIpc) is 1.52. The molecule has 2 unspecified atom stereocenters. The number of hydrogen-bond acceptors (Lipinski definition) is 4. The molecule has 0 aliphatic carbocycles. The van der Waals surface area contributed by atoms with Crippen molar-refractivity contribution in [1.29, 1.82) is 0 Å². The highest BCUT2D eigenvalue weighted by atomic mass is 31.2. The van der Waals surface area contributed by atoms with E-state index in [-0.39, 0.29) is 0 Å². The molecule has 0 aromatic carbocycles. The lowest BCUT2D eigenvalue weighted by molar-refractivity contribution is 0.275. The van der Waals surface area contributed by atoms with Gasteiger partial charge in [0.25, 0.3) is 0 Å². The van der Waals surface area contributed by atoms with E-state index < -0.39 is 24.3 Å². The first-order valence-corrected chi connectivity index (χ1v) is 5.74. The highest BCUT2D eigenvalue weighted by Gasteiger charge is 2.31. The highest BCUT2D eigenvalue weighted by molar-refractivity contribution is 7.46. The molecule has 0 saturated carbocycles. The molecule has 9 nitrogen and oxygen atoms in total. The predicted molar refractivity (Wildman–Crippen MR) is 35.0 cm³/mol. The Hall–Kier alpha value is 0.190. The average molecular weight is 242 g/mol. The highest BCUT2D eigenvalue weighted by Crippen LogP contribution is 2.30. The maximum Gasteiger partial charge on any atom is 0.745 e. The van der Waals surface area contributed by atoms with E-state index in [0.29, 0.717) is 0 Å². The topological polar surface area (TPSA) is 162 Å². The summed E-state index contributed by atoms with van der Waals surface area (Å²) in [6, 6.07) is 0. The minimum absolute atomic E-state index is 2.92. The number of phosphoric acid groups is 1. The molecule has 0 aliphatic heterocycles. The fourth-order valence-corrected chi connectivity index (χ4v) is 0.538. The zero-order valence-electron chi connectivity index (χ0n) is 5.21. The molecule has 0 aromatic rings. The minimum atomic E-state index is -4.64. The summed E-state index contributed by atoms with van der Waals surface area (Å²) in [5.74, 6) is 0. The second-order valence-corrected chi connectivity index (χ2v) is 3.70. The van der Waals surface area contributed by atoms with Gasteiger partial charge in [-0.1, -0.05) is 0 Å². The van der Waals surface area contributed by atoms with Crippen LogP contribution in [0.4, 0.5) is 0 Å². The van der Waals surface area contributed by atoms with Gasteiger partial charge in [-0.25, -0.2) is 4.57 Å². The van der Waals surface area contributed by atoms with E-state index in [4.69, 9.17) is 29.0 Å². The van der Waals surface area contributed by atoms with E-state index in [1.54, 1.807) is 0 Å². The molecular formula is H5O9P3+2. The van der Waals surface area contributed by atoms with Crippen LogP contribution in [0.5, 0.6) is 0 Å². The molecule has 0 bridgehead atoms. The molecule has 12 heteroatoms. The van der Waals surface area contributed by atoms with Crippen LogP contribution in [0.2, 0.25) is 0 Å². The monoisotopic (exact) mass is 242 g/mol. The van der Waals surface area contributed by atoms with Crippen molar-refractivity contribution in [1.82, 2.24) is 0 Å². The van der Waals surface area contributed by atoms with Crippen LogP contribution in [0.3, 0.4) is 0 Å². The van der Waals surface area contributed by atoms with E-state index in [9.17, 15) is 9.13 Å². The van der Waals surface area contributed by atoms with Crippen LogP contribution in [-0.2, 0) is 18.0 Å². The summed E-state index contributed by atoms with van der Waals surface area (Å²) in [7, 11) is -10.5. The van der Waals surface area contributed by atoms with Crippen molar-refractivity contribution < 1.29 is 42.5 Å². The third-order valence-electron chi connectivity index (χ3n) is 0.140. The predicted octanol–water partition coefficient (Wildman–Crippen LogP) is -0.626. The minimum Gasteiger partial charge on any atom is -0.303 e. The maximum atomic E-state index is 9.39. The Morgan fingerprint density at radius 3 is 1.17 bits per heavy atom. The Balaban J connectivity index is 0. The summed E-state index contributed by atoms with van der Waals surface area (Å²) in [6.45, 7) is 0. The first-order chi connectivity index (χ1) is 5.13. The number of rotatable bonds is 2. The molecule has 0 heterocycles. The molecular weight excluding hydrogens is 237 g/mol. The van der Waals surface area contributed by atoms with E-state index in [1.807, 2.05) is 0 Å². The standard InChI is InChI=1S/O5P2.H3O4P/c1-6(2)5-7(3)4;1-5(2,3)4/h;(H3,1,2,3,4)/p+2. The van der Waals surface area contributed by atoms with Crippen LogP contribution >= 0.6 is 24.3 Å². The molecule has 0 spiro atoms.